The summed E-state index contributed by atoms with van der Waals surface area (Å²) in [6.07, 6.45) is 0. The average molecular weight is 277 g/mol. The van der Waals surface area contributed by atoms with Crippen molar-refractivity contribution in [1.29, 1.82) is 0 Å². The molecule has 1 aromatic rings. The Morgan fingerprint density at radius 3 is 3.07 bits per heavy atom. The fourth-order valence-corrected chi connectivity index (χ4v) is 2.28. The van der Waals surface area contributed by atoms with Crippen LogP contribution < -0.4 is 5.32 Å². The number of ether oxygens (including phenoxy) is 1. The monoisotopic (exact) mass is 275 g/mol. The van der Waals surface area contributed by atoms with Gasteiger partial charge < -0.3 is 10.1 Å². The Bertz CT molecular complexity index is 326. The molecule has 0 aromatic heterocycles. The fourth-order valence-electron chi connectivity index (χ4n) is 1.55. The van der Waals surface area contributed by atoms with E-state index >= 15 is 0 Å². The Morgan fingerprint density at radius 2 is 2.36 bits per heavy atom. The number of nitrogens with one attached hydrogen (secondary N) is 1. The zero-order valence-corrected chi connectivity index (χ0v) is 9.94. The van der Waals surface area contributed by atoms with Crippen LogP contribution in [0.5, 0.6) is 0 Å². The molecule has 1 aliphatic rings. The molecule has 0 aliphatic carbocycles. The van der Waals surface area contributed by atoms with Gasteiger partial charge in [-0.25, -0.2) is 0 Å². The van der Waals surface area contributed by atoms with Crippen LogP contribution >= 0.6 is 27.5 Å². The van der Waals surface area contributed by atoms with E-state index in [0.29, 0.717) is 6.61 Å². The van der Waals surface area contributed by atoms with Gasteiger partial charge >= 0.3 is 0 Å². The summed E-state index contributed by atoms with van der Waals surface area (Å²) >= 11 is 9.51. The summed E-state index contributed by atoms with van der Waals surface area (Å²) in [6.45, 7) is 2.39. The van der Waals surface area contributed by atoms with Crippen molar-refractivity contribution >= 4 is 27.5 Å². The molecule has 2 nitrogen and oxygen atoms in total. The lowest BCUT2D eigenvalue weighted by atomic mass is 10.1. The molecule has 1 saturated heterocycles. The van der Waals surface area contributed by atoms with Gasteiger partial charge in [0.15, 0.2) is 0 Å². The van der Waals surface area contributed by atoms with Gasteiger partial charge in [-0.3, -0.25) is 0 Å². The number of morpholine rings is 1. The van der Waals surface area contributed by atoms with E-state index in [2.05, 4.69) is 27.3 Å². The average Bonchev–Trinajstić information content (AvgIpc) is 2.23. The first kappa shape index (κ1) is 10.4. The Labute approximate surface area is 96.7 Å². The van der Waals surface area contributed by atoms with E-state index in [1.54, 1.807) is 0 Å². The summed E-state index contributed by atoms with van der Waals surface area (Å²) in [5.41, 5.74) is 1.16. The quantitative estimate of drug-likeness (QED) is 0.852. The molecule has 1 N–H and O–H groups in total. The van der Waals surface area contributed by atoms with Crippen molar-refractivity contribution in [2.45, 2.75) is 6.04 Å². The third kappa shape index (κ3) is 2.11. The lowest BCUT2D eigenvalue weighted by Crippen LogP contribution is -2.34. The Hall–Kier alpha value is -0.0900. The molecule has 0 bridgehead atoms. The van der Waals surface area contributed by atoms with Crippen LogP contribution in [0.3, 0.4) is 0 Å². The minimum atomic E-state index is 0.247. The second kappa shape index (κ2) is 4.62. The summed E-state index contributed by atoms with van der Waals surface area (Å²) in [6, 6.07) is 6.14. The fraction of sp³-hybridized carbons (Fsp3) is 0.400. The van der Waals surface area contributed by atoms with Crippen LogP contribution in [0, 0.1) is 0 Å². The maximum atomic E-state index is 6.02. The second-order valence-electron chi connectivity index (χ2n) is 3.22. The second-order valence-corrected chi connectivity index (χ2v) is 4.42. The smallest absolute Gasteiger partial charge is 0.0662 e. The van der Waals surface area contributed by atoms with E-state index in [0.717, 1.165) is 28.2 Å². The van der Waals surface area contributed by atoms with E-state index in [4.69, 9.17) is 16.3 Å². The van der Waals surface area contributed by atoms with Gasteiger partial charge in [0.1, 0.15) is 0 Å². The van der Waals surface area contributed by atoms with E-state index in [9.17, 15) is 0 Å². The van der Waals surface area contributed by atoms with Crippen LogP contribution in [0.1, 0.15) is 11.6 Å². The largest absolute Gasteiger partial charge is 0.378 e. The molecule has 4 heteroatoms. The van der Waals surface area contributed by atoms with Gasteiger partial charge in [0.05, 0.1) is 24.3 Å². The molecule has 1 aliphatic heterocycles. The van der Waals surface area contributed by atoms with Gasteiger partial charge in [-0.15, -0.1) is 0 Å². The molecule has 1 heterocycles. The minimum Gasteiger partial charge on any atom is -0.378 e. The first-order valence-corrected chi connectivity index (χ1v) is 5.71. The zero-order chi connectivity index (χ0) is 9.97. The van der Waals surface area contributed by atoms with Gasteiger partial charge in [0.2, 0.25) is 0 Å². The van der Waals surface area contributed by atoms with Crippen LogP contribution in [-0.2, 0) is 4.74 Å². The molecular formula is C10H11BrClNO. The first-order valence-electron chi connectivity index (χ1n) is 4.54. The highest BCUT2D eigenvalue weighted by molar-refractivity contribution is 9.10. The van der Waals surface area contributed by atoms with Crippen LogP contribution in [0.2, 0.25) is 5.02 Å². The van der Waals surface area contributed by atoms with Gasteiger partial charge in [0, 0.05) is 11.0 Å². The molecule has 14 heavy (non-hydrogen) atoms. The lowest BCUT2D eigenvalue weighted by Gasteiger charge is -2.25. The highest BCUT2D eigenvalue weighted by Crippen LogP contribution is 2.30. The Kier molecular flexibility index (Phi) is 3.44. The maximum absolute atomic E-state index is 6.02. The summed E-state index contributed by atoms with van der Waals surface area (Å²) in [5.74, 6) is 0. The maximum Gasteiger partial charge on any atom is 0.0662 e. The molecule has 1 unspecified atom stereocenters. The number of hydrogen-bond donors (Lipinski definition) is 1. The topological polar surface area (TPSA) is 21.3 Å². The predicted octanol–water partition coefficient (Wildman–Crippen LogP) is 2.76. The van der Waals surface area contributed by atoms with Crippen molar-refractivity contribution in [1.82, 2.24) is 5.32 Å². The van der Waals surface area contributed by atoms with Gasteiger partial charge in [-0.1, -0.05) is 23.7 Å². The van der Waals surface area contributed by atoms with Crippen molar-refractivity contribution in [3.05, 3.63) is 33.3 Å². The van der Waals surface area contributed by atoms with Crippen molar-refractivity contribution in [2.75, 3.05) is 19.8 Å². The van der Waals surface area contributed by atoms with E-state index in [1.807, 2.05) is 12.1 Å². The zero-order valence-electron chi connectivity index (χ0n) is 7.59. The van der Waals surface area contributed by atoms with E-state index in [-0.39, 0.29) is 6.04 Å². The third-order valence-corrected chi connectivity index (χ3v) is 3.71. The predicted molar refractivity (Wildman–Crippen MR) is 60.7 cm³/mol. The van der Waals surface area contributed by atoms with Crippen molar-refractivity contribution in [3.8, 4) is 0 Å². The van der Waals surface area contributed by atoms with Crippen molar-refractivity contribution in [2.24, 2.45) is 0 Å². The Balaban J connectivity index is 2.26. The summed E-state index contributed by atoms with van der Waals surface area (Å²) in [4.78, 5) is 0. The number of benzene rings is 1. The standard InChI is InChI=1S/C10H11BrClNO/c11-10-7(2-1-3-8(10)12)9-6-14-5-4-13-9/h1-3,9,13H,4-6H2. The third-order valence-electron chi connectivity index (χ3n) is 2.28. The summed E-state index contributed by atoms with van der Waals surface area (Å²) in [5, 5.41) is 4.14. The molecule has 76 valence electrons. The summed E-state index contributed by atoms with van der Waals surface area (Å²) in [7, 11) is 0. The highest BCUT2D eigenvalue weighted by Gasteiger charge is 2.18. The van der Waals surface area contributed by atoms with Crippen molar-refractivity contribution in [3.63, 3.8) is 0 Å². The van der Waals surface area contributed by atoms with Gasteiger partial charge in [0.25, 0.3) is 0 Å². The van der Waals surface area contributed by atoms with Gasteiger partial charge in [-0.2, -0.15) is 0 Å². The molecule has 0 spiro atoms. The molecule has 0 radical (unpaired) electrons. The molecule has 1 aromatic carbocycles. The molecule has 2 rings (SSSR count). The molecule has 0 amide bonds. The van der Waals surface area contributed by atoms with Gasteiger partial charge in [-0.05, 0) is 27.6 Å². The molecule has 0 saturated carbocycles. The van der Waals surface area contributed by atoms with E-state index in [1.165, 1.54) is 0 Å². The molecule has 1 atom stereocenters. The Morgan fingerprint density at radius 1 is 1.50 bits per heavy atom. The minimum absolute atomic E-state index is 0.247. The number of halogens is 2. The highest BCUT2D eigenvalue weighted by atomic mass is 79.9. The van der Waals surface area contributed by atoms with E-state index < -0.39 is 0 Å². The first-order chi connectivity index (χ1) is 6.79. The number of rotatable bonds is 1. The molecule has 1 fully saturated rings. The van der Waals surface area contributed by atoms with Crippen LogP contribution in [0.4, 0.5) is 0 Å². The van der Waals surface area contributed by atoms with Crippen LogP contribution in [0.15, 0.2) is 22.7 Å². The summed E-state index contributed by atoms with van der Waals surface area (Å²) < 4.78 is 6.37. The lowest BCUT2D eigenvalue weighted by molar-refractivity contribution is 0.0767. The van der Waals surface area contributed by atoms with Crippen LogP contribution in [0.25, 0.3) is 0 Å². The normalized spacial score (nSPS) is 22.3. The van der Waals surface area contributed by atoms with Crippen LogP contribution in [-0.4, -0.2) is 19.8 Å². The van der Waals surface area contributed by atoms with Crippen molar-refractivity contribution < 1.29 is 4.74 Å². The molecular weight excluding hydrogens is 265 g/mol. The number of hydrogen-bond acceptors (Lipinski definition) is 2. The SMILES string of the molecule is Clc1cccc(C2COCCN2)c1Br.